The van der Waals surface area contributed by atoms with E-state index >= 15 is 0 Å². The highest BCUT2D eigenvalue weighted by atomic mass is 35.5. The Balaban J connectivity index is 1.51. The van der Waals surface area contributed by atoms with Crippen molar-refractivity contribution in [1.82, 2.24) is 0 Å². The Kier molecular flexibility index (Phi) is 6.38. The standard InChI is InChI=1S/C26H21ClN2O5/c1-15-7-6-10-20(16(15)2)34-26(32)17-11-13-18(14-12-17)28-23-22(27)24(30)29(25(23)31)19-8-4-5-9-21(19)33-3/h4-14,28H,1-3H3. The van der Waals surface area contributed by atoms with Crippen molar-refractivity contribution >= 4 is 40.8 Å². The van der Waals surface area contributed by atoms with Crippen LogP contribution in [-0.2, 0) is 9.59 Å². The second kappa shape index (κ2) is 9.41. The average Bonchev–Trinajstić information content (AvgIpc) is 3.05. The van der Waals surface area contributed by atoms with E-state index in [4.69, 9.17) is 21.1 Å². The van der Waals surface area contributed by atoms with Crippen molar-refractivity contribution < 1.29 is 23.9 Å². The average molecular weight is 477 g/mol. The van der Waals surface area contributed by atoms with Gasteiger partial charge in [-0.15, -0.1) is 0 Å². The first-order valence-corrected chi connectivity index (χ1v) is 10.8. The van der Waals surface area contributed by atoms with Crippen LogP contribution in [0.3, 0.4) is 0 Å². The van der Waals surface area contributed by atoms with E-state index in [0.29, 0.717) is 28.4 Å². The first-order chi connectivity index (χ1) is 16.3. The number of aryl methyl sites for hydroxylation is 1. The van der Waals surface area contributed by atoms with Crippen LogP contribution in [0.5, 0.6) is 11.5 Å². The van der Waals surface area contributed by atoms with Gasteiger partial charge in [0, 0.05) is 5.69 Å². The van der Waals surface area contributed by atoms with Crippen molar-refractivity contribution in [3.8, 4) is 11.5 Å². The lowest BCUT2D eigenvalue weighted by Crippen LogP contribution is -2.32. The summed E-state index contributed by atoms with van der Waals surface area (Å²) in [4.78, 5) is 39.2. The predicted molar refractivity (Wildman–Crippen MR) is 129 cm³/mol. The second-order valence-electron chi connectivity index (χ2n) is 7.60. The molecule has 0 saturated heterocycles. The number of rotatable bonds is 6. The molecule has 172 valence electrons. The van der Waals surface area contributed by atoms with E-state index in [-0.39, 0.29) is 10.7 Å². The maximum Gasteiger partial charge on any atom is 0.343 e. The molecule has 1 heterocycles. The predicted octanol–water partition coefficient (Wildman–Crippen LogP) is 4.97. The van der Waals surface area contributed by atoms with Crippen LogP contribution in [0.1, 0.15) is 21.5 Å². The van der Waals surface area contributed by atoms with Gasteiger partial charge >= 0.3 is 5.97 Å². The summed E-state index contributed by atoms with van der Waals surface area (Å²) >= 11 is 6.20. The summed E-state index contributed by atoms with van der Waals surface area (Å²) in [6.45, 7) is 3.83. The number of amides is 2. The molecule has 0 aromatic heterocycles. The van der Waals surface area contributed by atoms with E-state index in [2.05, 4.69) is 5.32 Å². The van der Waals surface area contributed by atoms with Gasteiger partial charge in [-0.2, -0.15) is 0 Å². The molecule has 4 rings (SSSR count). The van der Waals surface area contributed by atoms with Crippen LogP contribution in [0.15, 0.2) is 77.5 Å². The molecule has 0 saturated carbocycles. The number of nitrogens with zero attached hydrogens (tertiary/aromatic N) is 1. The third-order valence-electron chi connectivity index (χ3n) is 5.50. The Hall–Kier alpha value is -4.10. The summed E-state index contributed by atoms with van der Waals surface area (Å²) in [5, 5.41) is 2.64. The molecule has 0 radical (unpaired) electrons. The number of hydrogen-bond acceptors (Lipinski definition) is 6. The summed E-state index contributed by atoms with van der Waals surface area (Å²) in [5.74, 6) is -0.922. The van der Waals surface area contributed by atoms with Crippen LogP contribution < -0.4 is 19.7 Å². The van der Waals surface area contributed by atoms with Crippen molar-refractivity contribution in [3.05, 3.63) is 94.1 Å². The van der Waals surface area contributed by atoms with Crippen molar-refractivity contribution in [3.63, 3.8) is 0 Å². The number of carbonyl (C=O) groups is 3. The van der Waals surface area contributed by atoms with Crippen LogP contribution in [-0.4, -0.2) is 24.9 Å². The smallest absolute Gasteiger partial charge is 0.343 e. The highest BCUT2D eigenvalue weighted by molar-refractivity contribution is 6.53. The van der Waals surface area contributed by atoms with Gasteiger partial charge in [0.15, 0.2) is 0 Å². The summed E-state index contributed by atoms with van der Waals surface area (Å²) in [6, 6.07) is 18.5. The lowest BCUT2D eigenvalue weighted by Gasteiger charge is -2.17. The Labute approximate surface area is 201 Å². The first kappa shape index (κ1) is 23.1. The van der Waals surface area contributed by atoms with Gasteiger partial charge in [0.2, 0.25) is 0 Å². The molecule has 2 amide bonds. The molecule has 0 atom stereocenters. The molecular weight excluding hydrogens is 456 g/mol. The number of halogens is 1. The maximum absolute atomic E-state index is 13.0. The fourth-order valence-corrected chi connectivity index (χ4v) is 3.68. The quantitative estimate of drug-likeness (QED) is 0.307. The third-order valence-corrected chi connectivity index (χ3v) is 5.85. The molecule has 0 bridgehead atoms. The number of methoxy groups -OCH3 is 1. The number of benzene rings is 3. The maximum atomic E-state index is 13.0. The molecule has 3 aromatic carbocycles. The fourth-order valence-electron chi connectivity index (χ4n) is 3.47. The molecule has 8 heteroatoms. The Bertz CT molecular complexity index is 1330. The van der Waals surface area contributed by atoms with Gasteiger partial charge in [0.1, 0.15) is 22.2 Å². The fraction of sp³-hybridized carbons (Fsp3) is 0.115. The SMILES string of the molecule is COc1ccccc1N1C(=O)C(Cl)=C(Nc2ccc(C(=O)Oc3cccc(C)c3C)cc2)C1=O. The van der Waals surface area contributed by atoms with Crippen molar-refractivity contribution in [2.75, 3.05) is 17.3 Å². The van der Waals surface area contributed by atoms with Crippen LogP contribution in [0, 0.1) is 13.8 Å². The van der Waals surface area contributed by atoms with Crippen LogP contribution in [0.2, 0.25) is 0 Å². The van der Waals surface area contributed by atoms with E-state index in [1.54, 1.807) is 54.6 Å². The van der Waals surface area contributed by atoms with Crippen molar-refractivity contribution in [2.45, 2.75) is 13.8 Å². The molecule has 34 heavy (non-hydrogen) atoms. The lowest BCUT2D eigenvalue weighted by atomic mass is 10.1. The second-order valence-corrected chi connectivity index (χ2v) is 7.97. The molecule has 0 spiro atoms. The number of nitrogens with one attached hydrogen (secondary N) is 1. The van der Waals surface area contributed by atoms with Gasteiger partial charge in [0.05, 0.1) is 18.4 Å². The van der Waals surface area contributed by atoms with Gasteiger partial charge in [-0.25, -0.2) is 9.69 Å². The molecule has 1 aliphatic rings. The number of carbonyl (C=O) groups excluding carboxylic acids is 3. The molecule has 7 nitrogen and oxygen atoms in total. The number of anilines is 2. The zero-order valence-corrected chi connectivity index (χ0v) is 19.5. The van der Waals surface area contributed by atoms with E-state index < -0.39 is 17.8 Å². The highest BCUT2D eigenvalue weighted by Gasteiger charge is 2.40. The van der Waals surface area contributed by atoms with Gasteiger partial charge in [0.25, 0.3) is 11.8 Å². The van der Waals surface area contributed by atoms with Gasteiger partial charge in [-0.05, 0) is 67.4 Å². The number of para-hydroxylation sites is 2. The number of hydrogen-bond donors (Lipinski definition) is 1. The minimum absolute atomic E-state index is 0.0664. The summed E-state index contributed by atoms with van der Waals surface area (Å²) in [7, 11) is 1.45. The zero-order valence-electron chi connectivity index (χ0n) is 18.7. The van der Waals surface area contributed by atoms with Gasteiger partial charge in [-0.1, -0.05) is 35.9 Å². The van der Waals surface area contributed by atoms with E-state index in [1.807, 2.05) is 26.0 Å². The van der Waals surface area contributed by atoms with E-state index in [0.717, 1.165) is 16.0 Å². The third kappa shape index (κ3) is 4.25. The molecular formula is C26H21ClN2O5. The Morgan fingerprint density at radius 1 is 0.882 bits per heavy atom. The number of imide groups is 1. The normalized spacial score (nSPS) is 13.4. The minimum atomic E-state index is -0.660. The van der Waals surface area contributed by atoms with Crippen LogP contribution in [0.25, 0.3) is 0 Å². The molecule has 1 N–H and O–H groups in total. The molecule has 0 unspecified atom stereocenters. The topological polar surface area (TPSA) is 84.9 Å². The number of esters is 1. The summed E-state index contributed by atoms with van der Waals surface area (Å²) < 4.78 is 10.8. The van der Waals surface area contributed by atoms with Crippen LogP contribution >= 0.6 is 11.6 Å². The Morgan fingerprint density at radius 3 is 2.26 bits per heavy atom. The largest absolute Gasteiger partial charge is 0.495 e. The van der Waals surface area contributed by atoms with Gasteiger partial charge < -0.3 is 14.8 Å². The minimum Gasteiger partial charge on any atom is -0.495 e. The lowest BCUT2D eigenvalue weighted by molar-refractivity contribution is -0.120. The van der Waals surface area contributed by atoms with Gasteiger partial charge in [-0.3, -0.25) is 9.59 Å². The molecule has 3 aromatic rings. The van der Waals surface area contributed by atoms with Crippen molar-refractivity contribution in [2.24, 2.45) is 0 Å². The van der Waals surface area contributed by atoms with Crippen molar-refractivity contribution in [1.29, 1.82) is 0 Å². The van der Waals surface area contributed by atoms with E-state index in [1.165, 1.54) is 7.11 Å². The van der Waals surface area contributed by atoms with Crippen LogP contribution in [0.4, 0.5) is 11.4 Å². The summed E-state index contributed by atoms with van der Waals surface area (Å²) in [6.07, 6.45) is 0. The highest BCUT2D eigenvalue weighted by Crippen LogP contribution is 2.35. The molecule has 0 fully saturated rings. The number of ether oxygens (including phenoxy) is 2. The zero-order chi connectivity index (χ0) is 24.4. The monoisotopic (exact) mass is 476 g/mol. The van der Waals surface area contributed by atoms with E-state index in [9.17, 15) is 14.4 Å². The summed E-state index contributed by atoms with van der Waals surface area (Å²) in [5.41, 5.74) is 2.94. The molecule has 1 aliphatic heterocycles. The first-order valence-electron chi connectivity index (χ1n) is 10.4. The molecule has 0 aliphatic carbocycles. The Morgan fingerprint density at radius 2 is 1.56 bits per heavy atom.